The fraction of sp³-hybridized carbons (Fsp3) is 0.455. The Balaban J connectivity index is 2.47. The zero-order valence-electron chi connectivity index (χ0n) is 15.9. The van der Waals surface area contributed by atoms with Crippen LogP contribution in [0.25, 0.3) is 0 Å². The van der Waals surface area contributed by atoms with Gasteiger partial charge in [-0.05, 0) is 33.6 Å². The van der Waals surface area contributed by atoms with Gasteiger partial charge in [0.15, 0.2) is 0 Å². The average molecular weight is 325 g/mol. The van der Waals surface area contributed by atoms with Crippen molar-refractivity contribution in [3.63, 3.8) is 0 Å². The highest BCUT2D eigenvalue weighted by Gasteiger charge is 2.25. The fourth-order valence-electron chi connectivity index (χ4n) is 2.82. The molecule has 24 heavy (non-hydrogen) atoms. The first kappa shape index (κ1) is 18.5. The summed E-state index contributed by atoms with van der Waals surface area (Å²) in [5.41, 5.74) is 11.0. The molecule has 0 aliphatic carbocycles. The van der Waals surface area contributed by atoms with Crippen molar-refractivity contribution in [3.05, 3.63) is 64.7 Å². The molecule has 2 aromatic carbocycles. The van der Waals surface area contributed by atoms with Crippen molar-refractivity contribution < 1.29 is 4.74 Å². The van der Waals surface area contributed by atoms with Crippen LogP contribution in [0.15, 0.2) is 42.5 Å². The van der Waals surface area contributed by atoms with Crippen LogP contribution in [0.1, 0.15) is 63.8 Å². The maximum absolute atomic E-state index is 6.21. The van der Waals surface area contributed by atoms with Crippen LogP contribution < -0.4 is 10.5 Å². The summed E-state index contributed by atoms with van der Waals surface area (Å²) >= 11 is 0. The molecule has 0 bridgehead atoms. The largest absolute Gasteiger partial charge is 0.489 e. The molecular weight excluding hydrogens is 294 g/mol. The highest BCUT2D eigenvalue weighted by Crippen LogP contribution is 2.37. The SMILES string of the molecule is CC(C)(C)c1cc(OCc2ccccc2)c(CN)c(C(C)(C)C)c1. The fourth-order valence-corrected chi connectivity index (χ4v) is 2.82. The van der Waals surface area contributed by atoms with E-state index >= 15 is 0 Å². The standard InChI is InChI=1S/C22H31NO/c1-21(2,3)17-12-19(22(4,5)6)18(14-23)20(13-17)24-15-16-10-8-7-9-11-16/h7-13H,14-15,23H2,1-6H3. The Morgan fingerprint density at radius 1 is 0.875 bits per heavy atom. The van der Waals surface area contributed by atoms with Gasteiger partial charge in [-0.15, -0.1) is 0 Å². The third-order valence-electron chi connectivity index (χ3n) is 4.32. The Kier molecular flexibility index (Phi) is 5.39. The molecule has 0 saturated carbocycles. The number of ether oxygens (including phenoxy) is 1. The van der Waals surface area contributed by atoms with Gasteiger partial charge in [0, 0.05) is 12.1 Å². The van der Waals surface area contributed by atoms with Crippen molar-refractivity contribution in [3.8, 4) is 5.75 Å². The van der Waals surface area contributed by atoms with Crippen LogP contribution in [0.5, 0.6) is 5.75 Å². The molecule has 0 unspecified atom stereocenters. The maximum atomic E-state index is 6.21. The van der Waals surface area contributed by atoms with Crippen molar-refractivity contribution in [2.75, 3.05) is 0 Å². The van der Waals surface area contributed by atoms with Gasteiger partial charge in [-0.3, -0.25) is 0 Å². The Hall–Kier alpha value is -1.80. The Morgan fingerprint density at radius 3 is 2.00 bits per heavy atom. The maximum Gasteiger partial charge on any atom is 0.124 e. The third-order valence-corrected chi connectivity index (χ3v) is 4.32. The average Bonchev–Trinajstić information content (AvgIpc) is 2.51. The third kappa shape index (κ3) is 4.39. The van der Waals surface area contributed by atoms with Gasteiger partial charge in [0.1, 0.15) is 12.4 Å². The monoisotopic (exact) mass is 325 g/mol. The zero-order valence-corrected chi connectivity index (χ0v) is 15.9. The van der Waals surface area contributed by atoms with Crippen LogP contribution in [0.3, 0.4) is 0 Å². The van der Waals surface area contributed by atoms with Crippen LogP contribution >= 0.6 is 0 Å². The molecule has 0 saturated heterocycles. The molecule has 0 atom stereocenters. The van der Waals surface area contributed by atoms with Crippen LogP contribution in [-0.4, -0.2) is 0 Å². The molecule has 2 heteroatoms. The van der Waals surface area contributed by atoms with Crippen LogP contribution in [0.4, 0.5) is 0 Å². The summed E-state index contributed by atoms with van der Waals surface area (Å²) in [6.07, 6.45) is 0. The Bertz CT molecular complexity index is 676. The first-order chi connectivity index (χ1) is 11.1. The zero-order chi connectivity index (χ0) is 18.0. The second-order valence-electron chi connectivity index (χ2n) is 8.48. The molecule has 2 nitrogen and oxygen atoms in total. The molecule has 2 aromatic rings. The van der Waals surface area contributed by atoms with E-state index in [1.807, 2.05) is 18.2 Å². The van der Waals surface area contributed by atoms with Crippen LogP contribution in [-0.2, 0) is 24.0 Å². The van der Waals surface area contributed by atoms with Gasteiger partial charge in [0.05, 0.1) is 0 Å². The van der Waals surface area contributed by atoms with Crippen molar-refractivity contribution in [1.82, 2.24) is 0 Å². The Labute approximate surface area is 147 Å². The van der Waals surface area contributed by atoms with Crippen LogP contribution in [0.2, 0.25) is 0 Å². The molecule has 2 N–H and O–H groups in total. The molecule has 0 fully saturated rings. The predicted octanol–water partition coefficient (Wildman–Crippen LogP) is 5.32. The number of benzene rings is 2. The van der Waals surface area contributed by atoms with E-state index in [0.29, 0.717) is 13.2 Å². The van der Waals surface area contributed by atoms with Gasteiger partial charge in [-0.1, -0.05) is 77.9 Å². The lowest BCUT2D eigenvalue weighted by Gasteiger charge is -2.29. The summed E-state index contributed by atoms with van der Waals surface area (Å²) in [4.78, 5) is 0. The molecule has 0 radical (unpaired) electrons. The second-order valence-corrected chi connectivity index (χ2v) is 8.48. The molecule has 0 aliphatic rings. The van der Waals surface area contributed by atoms with Gasteiger partial charge in [-0.2, -0.15) is 0 Å². The molecule has 2 rings (SSSR count). The molecule has 0 spiro atoms. The lowest BCUT2D eigenvalue weighted by molar-refractivity contribution is 0.301. The summed E-state index contributed by atoms with van der Waals surface area (Å²) in [6, 6.07) is 14.7. The van der Waals surface area contributed by atoms with Crippen molar-refractivity contribution in [1.29, 1.82) is 0 Å². The molecule has 0 aromatic heterocycles. The summed E-state index contributed by atoms with van der Waals surface area (Å²) in [7, 11) is 0. The number of rotatable bonds is 4. The lowest BCUT2D eigenvalue weighted by Crippen LogP contribution is -2.21. The van der Waals surface area contributed by atoms with E-state index in [9.17, 15) is 0 Å². The summed E-state index contributed by atoms with van der Waals surface area (Å²) in [5, 5.41) is 0. The van der Waals surface area contributed by atoms with Crippen LogP contribution in [0, 0.1) is 0 Å². The van der Waals surface area contributed by atoms with E-state index in [0.717, 1.165) is 11.3 Å². The minimum absolute atomic E-state index is 0.0286. The number of hydrogen-bond donors (Lipinski definition) is 1. The number of hydrogen-bond acceptors (Lipinski definition) is 2. The van der Waals surface area contributed by atoms with E-state index < -0.39 is 0 Å². The van der Waals surface area contributed by atoms with Gasteiger partial charge in [0.2, 0.25) is 0 Å². The van der Waals surface area contributed by atoms with E-state index in [1.165, 1.54) is 16.7 Å². The van der Waals surface area contributed by atoms with Crippen molar-refractivity contribution in [2.24, 2.45) is 5.73 Å². The highest BCUT2D eigenvalue weighted by atomic mass is 16.5. The molecule has 0 amide bonds. The van der Waals surface area contributed by atoms with Gasteiger partial charge in [-0.25, -0.2) is 0 Å². The minimum atomic E-state index is 0.0286. The molecule has 0 aliphatic heterocycles. The lowest BCUT2D eigenvalue weighted by atomic mass is 9.78. The minimum Gasteiger partial charge on any atom is -0.489 e. The van der Waals surface area contributed by atoms with Gasteiger partial charge >= 0.3 is 0 Å². The molecule has 0 heterocycles. The van der Waals surface area contributed by atoms with Crippen molar-refractivity contribution in [2.45, 2.75) is 65.5 Å². The normalized spacial score (nSPS) is 12.3. The number of nitrogens with two attached hydrogens (primary N) is 1. The van der Waals surface area contributed by atoms with E-state index in [1.54, 1.807) is 0 Å². The van der Waals surface area contributed by atoms with E-state index in [4.69, 9.17) is 10.5 Å². The predicted molar refractivity (Wildman–Crippen MR) is 103 cm³/mol. The summed E-state index contributed by atoms with van der Waals surface area (Å²) in [6.45, 7) is 14.4. The highest BCUT2D eigenvalue weighted by molar-refractivity contribution is 5.48. The second kappa shape index (κ2) is 6.98. The van der Waals surface area contributed by atoms with Crippen molar-refractivity contribution >= 4 is 0 Å². The van der Waals surface area contributed by atoms with E-state index in [2.05, 4.69) is 65.8 Å². The quantitative estimate of drug-likeness (QED) is 0.825. The Morgan fingerprint density at radius 2 is 1.50 bits per heavy atom. The first-order valence-electron chi connectivity index (χ1n) is 8.67. The van der Waals surface area contributed by atoms with Gasteiger partial charge < -0.3 is 10.5 Å². The summed E-state index contributed by atoms with van der Waals surface area (Å²) < 4.78 is 6.21. The smallest absolute Gasteiger partial charge is 0.124 e. The van der Waals surface area contributed by atoms with E-state index in [-0.39, 0.29) is 10.8 Å². The van der Waals surface area contributed by atoms with Gasteiger partial charge in [0.25, 0.3) is 0 Å². The first-order valence-corrected chi connectivity index (χ1v) is 8.67. The summed E-state index contributed by atoms with van der Waals surface area (Å²) in [5.74, 6) is 0.915. The molecule has 130 valence electrons. The topological polar surface area (TPSA) is 35.2 Å². The molecular formula is C22H31NO.